The summed E-state index contributed by atoms with van der Waals surface area (Å²) >= 11 is 8.64. The number of anilines is 2. The van der Waals surface area contributed by atoms with Gasteiger partial charge in [-0.05, 0) is 42.8 Å². The molecule has 0 N–H and O–H groups in total. The number of hydrogen-bond donors (Lipinski definition) is 0. The zero-order chi connectivity index (χ0) is 16.4. The molecule has 0 fully saturated rings. The standard InChI is InChI=1S/C17H15Br2NO2S/c1-2-3-8-22-17(21)20-13-6-4-11(18)9-15(13)23-16-10-12(19)5-7-14(16)20/h4-7,9-10H,2-3,8H2,1H3. The number of fused-ring (bicyclic) bond motifs is 2. The number of rotatable bonds is 3. The summed E-state index contributed by atoms with van der Waals surface area (Å²) in [6, 6.07) is 11.8. The monoisotopic (exact) mass is 455 g/mol. The second-order valence-corrected chi connectivity index (χ2v) is 8.04. The van der Waals surface area contributed by atoms with Crippen molar-refractivity contribution in [1.82, 2.24) is 0 Å². The van der Waals surface area contributed by atoms with Gasteiger partial charge in [0.05, 0.1) is 18.0 Å². The number of halogens is 2. The van der Waals surface area contributed by atoms with E-state index in [2.05, 4.69) is 38.8 Å². The van der Waals surface area contributed by atoms with Crippen LogP contribution < -0.4 is 4.90 Å². The molecule has 3 rings (SSSR count). The van der Waals surface area contributed by atoms with Crippen LogP contribution in [0.15, 0.2) is 55.1 Å². The van der Waals surface area contributed by atoms with Crippen molar-refractivity contribution in [3.8, 4) is 0 Å². The molecule has 0 aromatic heterocycles. The summed E-state index contributed by atoms with van der Waals surface area (Å²) in [6.07, 6.45) is 1.54. The van der Waals surface area contributed by atoms with Crippen LogP contribution in [-0.4, -0.2) is 12.7 Å². The number of hydrogen-bond acceptors (Lipinski definition) is 3. The quantitative estimate of drug-likeness (QED) is 0.478. The highest BCUT2D eigenvalue weighted by Gasteiger charge is 2.29. The van der Waals surface area contributed by atoms with E-state index in [1.807, 2.05) is 36.4 Å². The van der Waals surface area contributed by atoms with E-state index in [9.17, 15) is 4.79 Å². The van der Waals surface area contributed by atoms with E-state index in [0.717, 1.165) is 43.0 Å². The first-order valence-electron chi connectivity index (χ1n) is 7.34. The minimum atomic E-state index is -0.328. The number of amides is 1. The van der Waals surface area contributed by atoms with E-state index in [4.69, 9.17) is 4.74 Å². The second-order valence-electron chi connectivity index (χ2n) is 5.13. The number of carbonyl (C=O) groups excluding carboxylic acids is 1. The Morgan fingerprint density at radius 1 is 1.09 bits per heavy atom. The molecule has 120 valence electrons. The summed E-state index contributed by atoms with van der Waals surface area (Å²) in [5.41, 5.74) is 1.71. The summed E-state index contributed by atoms with van der Waals surface area (Å²) < 4.78 is 7.43. The predicted molar refractivity (Wildman–Crippen MR) is 101 cm³/mol. The van der Waals surface area contributed by atoms with Crippen molar-refractivity contribution in [2.24, 2.45) is 0 Å². The lowest BCUT2D eigenvalue weighted by Gasteiger charge is -2.30. The van der Waals surface area contributed by atoms with Gasteiger partial charge in [0.25, 0.3) is 0 Å². The summed E-state index contributed by atoms with van der Waals surface area (Å²) in [4.78, 5) is 16.4. The first-order chi connectivity index (χ1) is 11.1. The Morgan fingerprint density at radius 3 is 2.17 bits per heavy atom. The molecular weight excluding hydrogens is 442 g/mol. The molecule has 3 nitrogen and oxygen atoms in total. The van der Waals surface area contributed by atoms with E-state index in [-0.39, 0.29) is 6.09 Å². The number of nitrogens with zero attached hydrogens (tertiary/aromatic N) is 1. The average molecular weight is 457 g/mol. The molecule has 0 radical (unpaired) electrons. The van der Waals surface area contributed by atoms with Crippen LogP contribution in [0.2, 0.25) is 0 Å². The Labute approximate surface area is 156 Å². The van der Waals surface area contributed by atoms with Gasteiger partial charge in [0.2, 0.25) is 0 Å². The molecule has 0 saturated carbocycles. The molecule has 0 atom stereocenters. The largest absolute Gasteiger partial charge is 0.449 e. The van der Waals surface area contributed by atoms with Gasteiger partial charge < -0.3 is 4.74 Å². The predicted octanol–water partition coefficient (Wildman–Crippen LogP) is 6.75. The first kappa shape index (κ1) is 16.9. The first-order valence-corrected chi connectivity index (χ1v) is 9.74. The van der Waals surface area contributed by atoms with Gasteiger partial charge in [0.15, 0.2) is 0 Å². The van der Waals surface area contributed by atoms with E-state index in [1.54, 1.807) is 16.7 Å². The van der Waals surface area contributed by atoms with Crippen LogP contribution in [0.4, 0.5) is 16.2 Å². The Balaban J connectivity index is 2.02. The van der Waals surface area contributed by atoms with Crippen molar-refractivity contribution in [3.05, 3.63) is 45.3 Å². The number of ether oxygens (including phenoxy) is 1. The summed E-state index contributed by atoms with van der Waals surface area (Å²) in [5, 5.41) is 0. The molecule has 2 aromatic carbocycles. The van der Waals surface area contributed by atoms with Crippen LogP contribution in [0.5, 0.6) is 0 Å². The highest BCUT2D eigenvalue weighted by Crippen LogP contribution is 2.49. The molecule has 1 aliphatic rings. The minimum absolute atomic E-state index is 0.328. The van der Waals surface area contributed by atoms with E-state index in [0.29, 0.717) is 6.61 Å². The van der Waals surface area contributed by atoms with Gasteiger partial charge in [0, 0.05) is 18.7 Å². The maximum Gasteiger partial charge on any atom is 0.419 e. The fraction of sp³-hybridized carbons (Fsp3) is 0.235. The van der Waals surface area contributed by atoms with Gasteiger partial charge in [-0.1, -0.05) is 57.0 Å². The molecule has 0 unspecified atom stereocenters. The van der Waals surface area contributed by atoms with Crippen molar-refractivity contribution in [3.63, 3.8) is 0 Å². The zero-order valence-corrected chi connectivity index (χ0v) is 16.5. The smallest absolute Gasteiger partial charge is 0.419 e. The summed E-state index contributed by atoms with van der Waals surface area (Å²) in [5.74, 6) is 0. The van der Waals surface area contributed by atoms with Gasteiger partial charge in [-0.25, -0.2) is 9.69 Å². The van der Waals surface area contributed by atoms with Gasteiger partial charge in [-0.3, -0.25) is 0 Å². The van der Waals surface area contributed by atoms with Crippen LogP contribution in [0.3, 0.4) is 0 Å². The molecule has 1 aliphatic heterocycles. The topological polar surface area (TPSA) is 29.5 Å². The molecule has 0 aliphatic carbocycles. The fourth-order valence-corrected chi connectivity index (χ4v) is 4.48. The third-order valence-corrected chi connectivity index (χ3v) is 5.53. The third kappa shape index (κ3) is 3.59. The van der Waals surface area contributed by atoms with Crippen LogP contribution in [0.25, 0.3) is 0 Å². The van der Waals surface area contributed by atoms with Crippen LogP contribution in [-0.2, 0) is 4.74 Å². The van der Waals surface area contributed by atoms with Crippen molar-refractivity contribution >= 4 is 61.1 Å². The molecule has 1 amide bonds. The van der Waals surface area contributed by atoms with Gasteiger partial charge in [-0.2, -0.15) is 0 Å². The number of carbonyl (C=O) groups is 1. The Hall–Kier alpha value is -0.980. The lowest BCUT2D eigenvalue weighted by molar-refractivity contribution is 0.154. The maximum absolute atomic E-state index is 12.6. The van der Waals surface area contributed by atoms with Crippen LogP contribution in [0, 0.1) is 0 Å². The minimum Gasteiger partial charge on any atom is -0.449 e. The highest BCUT2D eigenvalue weighted by molar-refractivity contribution is 9.10. The molecular formula is C17H15Br2NO2S. The molecule has 6 heteroatoms. The van der Waals surface area contributed by atoms with Crippen LogP contribution in [0.1, 0.15) is 19.8 Å². The second kappa shape index (κ2) is 7.28. The SMILES string of the molecule is CCCCOC(=O)N1c2ccc(Br)cc2Sc2cc(Br)ccc21. The Kier molecular flexibility index (Phi) is 5.34. The molecule has 0 spiro atoms. The van der Waals surface area contributed by atoms with Crippen molar-refractivity contribution in [2.75, 3.05) is 11.5 Å². The number of unbranched alkanes of at least 4 members (excludes halogenated alkanes) is 1. The van der Waals surface area contributed by atoms with Crippen molar-refractivity contribution in [1.29, 1.82) is 0 Å². The molecule has 0 saturated heterocycles. The fourth-order valence-electron chi connectivity index (χ4n) is 2.32. The van der Waals surface area contributed by atoms with E-state index in [1.165, 1.54) is 0 Å². The van der Waals surface area contributed by atoms with Crippen molar-refractivity contribution in [2.45, 2.75) is 29.6 Å². The summed E-state index contributed by atoms with van der Waals surface area (Å²) in [7, 11) is 0. The van der Waals surface area contributed by atoms with Gasteiger partial charge in [0.1, 0.15) is 0 Å². The normalized spacial score (nSPS) is 12.6. The third-order valence-electron chi connectivity index (χ3n) is 3.45. The van der Waals surface area contributed by atoms with E-state index < -0.39 is 0 Å². The van der Waals surface area contributed by atoms with Crippen molar-refractivity contribution < 1.29 is 9.53 Å². The highest BCUT2D eigenvalue weighted by atomic mass is 79.9. The molecule has 1 heterocycles. The molecule has 0 bridgehead atoms. The molecule has 2 aromatic rings. The number of benzene rings is 2. The van der Waals surface area contributed by atoms with E-state index >= 15 is 0 Å². The summed E-state index contributed by atoms with van der Waals surface area (Å²) in [6.45, 7) is 2.52. The van der Waals surface area contributed by atoms with Gasteiger partial charge in [-0.15, -0.1) is 0 Å². The van der Waals surface area contributed by atoms with Crippen LogP contribution >= 0.6 is 43.6 Å². The zero-order valence-electron chi connectivity index (χ0n) is 12.5. The maximum atomic E-state index is 12.6. The Morgan fingerprint density at radius 2 is 1.65 bits per heavy atom. The average Bonchev–Trinajstić information content (AvgIpc) is 2.52. The molecule has 23 heavy (non-hydrogen) atoms. The lowest BCUT2D eigenvalue weighted by atomic mass is 10.2. The lowest BCUT2D eigenvalue weighted by Crippen LogP contribution is -2.29. The van der Waals surface area contributed by atoms with Gasteiger partial charge >= 0.3 is 6.09 Å². The Bertz CT molecular complexity index is 700.